The Hall–Kier alpha value is -1.51. The third-order valence-electron chi connectivity index (χ3n) is 3.80. The maximum atomic E-state index is 6.15. The fraction of sp³-hybridized carbons (Fsp3) is 0.500. The molecule has 0 radical (unpaired) electrons. The van der Waals surface area contributed by atoms with Crippen LogP contribution in [-0.2, 0) is 6.42 Å². The molecule has 1 aromatic carbocycles. The van der Waals surface area contributed by atoms with Gasteiger partial charge in [0.1, 0.15) is 0 Å². The summed E-state index contributed by atoms with van der Waals surface area (Å²) in [6, 6.07) is 8.94. The molecule has 2 N–H and O–H groups in total. The minimum Gasteiger partial charge on any atom is -0.370 e. The van der Waals surface area contributed by atoms with Gasteiger partial charge < -0.3 is 10.6 Å². The highest BCUT2D eigenvalue weighted by Crippen LogP contribution is 2.28. The van der Waals surface area contributed by atoms with E-state index >= 15 is 0 Å². The third kappa shape index (κ3) is 2.02. The molecule has 90 valence electrons. The summed E-state index contributed by atoms with van der Waals surface area (Å²) in [4.78, 5) is 6.84. The third-order valence-corrected chi connectivity index (χ3v) is 3.80. The lowest BCUT2D eigenvalue weighted by Gasteiger charge is -2.19. The molecule has 0 unspecified atom stereocenters. The molecule has 1 saturated carbocycles. The van der Waals surface area contributed by atoms with E-state index in [9.17, 15) is 0 Å². The Bertz CT molecular complexity index is 433. The van der Waals surface area contributed by atoms with Crippen LogP contribution in [0.2, 0.25) is 0 Å². The number of hydrogen-bond acceptors (Lipinski definition) is 1. The average Bonchev–Trinajstić information content (AvgIpc) is 2.96. The fourth-order valence-corrected chi connectivity index (χ4v) is 2.87. The monoisotopic (exact) mass is 229 g/mol. The first-order valence-corrected chi connectivity index (χ1v) is 6.53. The number of nitrogens with zero attached hydrogens (tertiary/aromatic N) is 2. The van der Waals surface area contributed by atoms with E-state index in [1.165, 1.54) is 36.9 Å². The summed E-state index contributed by atoms with van der Waals surface area (Å²) < 4.78 is 0. The Morgan fingerprint density at radius 3 is 2.82 bits per heavy atom. The van der Waals surface area contributed by atoms with Gasteiger partial charge in [0.25, 0.3) is 0 Å². The predicted molar refractivity (Wildman–Crippen MR) is 71.4 cm³/mol. The van der Waals surface area contributed by atoms with E-state index < -0.39 is 0 Å². The van der Waals surface area contributed by atoms with E-state index in [1.54, 1.807) is 0 Å². The van der Waals surface area contributed by atoms with Gasteiger partial charge in [-0.2, -0.15) is 0 Å². The lowest BCUT2D eigenvalue weighted by Crippen LogP contribution is -2.36. The summed E-state index contributed by atoms with van der Waals surface area (Å²) in [7, 11) is 0. The van der Waals surface area contributed by atoms with Gasteiger partial charge in [0.15, 0.2) is 5.96 Å². The van der Waals surface area contributed by atoms with Crippen molar-refractivity contribution in [2.24, 2.45) is 10.7 Å². The Kier molecular flexibility index (Phi) is 2.75. The summed E-state index contributed by atoms with van der Waals surface area (Å²) in [5, 5.41) is 0. The molecule has 17 heavy (non-hydrogen) atoms. The van der Waals surface area contributed by atoms with Crippen LogP contribution in [0.25, 0.3) is 0 Å². The molecular weight excluding hydrogens is 210 g/mol. The molecule has 1 aliphatic carbocycles. The van der Waals surface area contributed by atoms with E-state index in [1.807, 2.05) is 0 Å². The number of fused-ring (bicyclic) bond motifs is 1. The SMILES string of the molecule is NC(=NC1CCCC1)N1CCc2ccccc21. The van der Waals surface area contributed by atoms with Gasteiger partial charge in [-0.05, 0) is 30.9 Å². The Morgan fingerprint density at radius 2 is 2.00 bits per heavy atom. The highest BCUT2D eigenvalue weighted by atomic mass is 15.3. The zero-order valence-corrected chi connectivity index (χ0v) is 10.1. The van der Waals surface area contributed by atoms with E-state index in [2.05, 4.69) is 34.2 Å². The molecule has 3 heteroatoms. The first kappa shape index (κ1) is 10.6. The molecule has 2 aliphatic rings. The minimum atomic E-state index is 0.461. The van der Waals surface area contributed by atoms with Crippen molar-refractivity contribution in [3.05, 3.63) is 29.8 Å². The number of benzene rings is 1. The quantitative estimate of drug-likeness (QED) is 0.593. The van der Waals surface area contributed by atoms with Crippen molar-refractivity contribution < 1.29 is 0 Å². The van der Waals surface area contributed by atoms with E-state index in [4.69, 9.17) is 5.73 Å². The fourth-order valence-electron chi connectivity index (χ4n) is 2.87. The van der Waals surface area contributed by atoms with Crippen LogP contribution in [0.1, 0.15) is 31.2 Å². The molecule has 0 spiro atoms. The molecule has 0 aromatic heterocycles. The second kappa shape index (κ2) is 4.40. The maximum Gasteiger partial charge on any atom is 0.196 e. The van der Waals surface area contributed by atoms with E-state index in [0.29, 0.717) is 12.0 Å². The highest BCUT2D eigenvalue weighted by molar-refractivity contribution is 5.96. The Balaban J connectivity index is 1.81. The number of guanidine groups is 1. The van der Waals surface area contributed by atoms with Crippen molar-refractivity contribution in [2.75, 3.05) is 11.4 Å². The molecule has 3 nitrogen and oxygen atoms in total. The van der Waals surface area contributed by atoms with Crippen LogP contribution in [0.3, 0.4) is 0 Å². The summed E-state index contributed by atoms with van der Waals surface area (Å²) >= 11 is 0. The first-order chi connectivity index (χ1) is 8.34. The maximum absolute atomic E-state index is 6.15. The number of hydrogen-bond donors (Lipinski definition) is 1. The van der Waals surface area contributed by atoms with Gasteiger partial charge in [-0.15, -0.1) is 0 Å². The number of para-hydroxylation sites is 1. The van der Waals surface area contributed by atoms with Gasteiger partial charge >= 0.3 is 0 Å². The van der Waals surface area contributed by atoms with Gasteiger partial charge in [-0.25, -0.2) is 4.99 Å². The van der Waals surface area contributed by atoms with Crippen molar-refractivity contribution in [3.63, 3.8) is 0 Å². The van der Waals surface area contributed by atoms with Gasteiger partial charge in [-0.1, -0.05) is 31.0 Å². The summed E-state index contributed by atoms with van der Waals surface area (Å²) in [6.45, 7) is 0.974. The molecule has 0 amide bonds. The van der Waals surface area contributed by atoms with Crippen molar-refractivity contribution in [2.45, 2.75) is 38.1 Å². The smallest absolute Gasteiger partial charge is 0.196 e. The van der Waals surface area contributed by atoms with Crippen molar-refractivity contribution in [3.8, 4) is 0 Å². The van der Waals surface area contributed by atoms with Crippen LogP contribution in [0.5, 0.6) is 0 Å². The molecule has 0 bridgehead atoms. The molecule has 1 aromatic rings. The van der Waals surface area contributed by atoms with Crippen LogP contribution in [-0.4, -0.2) is 18.5 Å². The molecule has 1 aliphatic heterocycles. The van der Waals surface area contributed by atoms with Crippen LogP contribution in [0.4, 0.5) is 5.69 Å². The zero-order valence-electron chi connectivity index (χ0n) is 10.1. The lowest BCUT2D eigenvalue weighted by atomic mass is 10.2. The van der Waals surface area contributed by atoms with Gasteiger partial charge in [0.05, 0.1) is 6.04 Å². The number of anilines is 1. The number of rotatable bonds is 1. The molecular formula is C14H19N3. The highest BCUT2D eigenvalue weighted by Gasteiger charge is 2.22. The largest absolute Gasteiger partial charge is 0.370 e. The average molecular weight is 229 g/mol. The molecule has 1 heterocycles. The molecule has 1 fully saturated rings. The van der Waals surface area contributed by atoms with Crippen LogP contribution >= 0.6 is 0 Å². The molecule has 0 saturated heterocycles. The topological polar surface area (TPSA) is 41.6 Å². The number of aliphatic imine (C=N–C) groups is 1. The summed E-state index contributed by atoms with van der Waals surface area (Å²) in [6.07, 6.45) is 6.10. The Labute approximate surface area is 102 Å². The zero-order chi connectivity index (χ0) is 11.7. The summed E-state index contributed by atoms with van der Waals surface area (Å²) in [5.74, 6) is 0.710. The van der Waals surface area contributed by atoms with Crippen LogP contribution in [0.15, 0.2) is 29.3 Å². The van der Waals surface area contributed by atoms with Crippen molar-refractivity contribution in [1.29, 1.82) is 0 Å². The molecule has 0 atom stereocenters. The molecule has 3 rings (SSSR count). The van der Waals surface area contributed by atoms with E-state index in [0.717, 1.165) is 13.0 Å². The van der Waals surface area contributed by atoms with Crippen LogP contribution < -0.4 is 10.6 Å². The van der Waals surface area contributed by atoms with Crippen molar-refractivity contribution >= 4 is 11.6 Å². The second-order valence-corrected chi connectivity index (χ2v) is 4.96. The first-order valence-electron chi connectivity index (χ1n) is 6.53. The van der Waals surface area contributed by atoms with Crippen LogP contribution in [0, 0.1) is 0 Å². The lowest BCUT2D eigenvalue weighted by molar-refractivity contribution is 0.702. The summed E-state index contributed by atoms with van der Waals surface area (Å²) in [5.41, 5.74) is 8.78. The normalized spacial score (nSPS) is 20.9. The predicted octanol–water partition coefficient (Wildman–Crippen LogP) is 2.31. The second-order valence-electron chi connectivity index (χ2n) is 4.96. The van der Waals surface area contributed by atoms with Gasteiger partial charge in [0, 0.05) is 12.2 Å². The van der Waals surface area contributed by atoms with Gasteiger partial charge in [-0.3, -0.25) is 0 Å². The Morgan fingerprint density at radius 1 is 1.24 bits per heavy atom. The minimum absolute atomic E-state index is 0.461. The standard InChI is InChI=1S/C14H19N3/c15-14(16-12-6-2-3-7-12)17-10-9-11-5-1-4-8-13(11)17/h1,4-5,8,12H,2-3,6-7,9-10H2,(H2,15,16). The van der Waals surface area contributed by atoms with Crippen molar-refractivity contribution in [1.82, 2.24) is 0 Å². The number of nitrogens with two attached hydrogens (primary N) is 1. The van der Waals surface area contributed by atoms with Gasteiger partial charge in [0.2, 0.25) is 0 Å². The van der Waals surface area contributed by atoms with E-state index in [-0.39, 0.29) is 0 Å².